The number of hydrogen-bond acceptors (Lipinski definition) is 6. The van der Waals surface area contributed by atoms with Gasteiger partial charge >= 0.3 is 0 Å². The molecule has 1 aliphatic heterocycles. The van der Waals surface area contributed by atoms with E-state index < -0.39 is 10.0 Å². The van der Waals surface area contributed by atoms with Gasteiger partial charge in [-0.15, -0.1) is 0 Å². The molecule has 0 aliphatic carbocycles. The number of aromatic nitrogens is 3. The van der Waals surface area contributed by atoms with E-state index in [0.29, 0.717) is 48.7 Å². The lowest BCUT2D eigenvalue weighted by molar-refractivity contribution is 0.0985. The van der Waals surface area contributed by atoms with Crippen LogP contribution < -0.4 is 4.90 Å². The predicted molar refractivity (Wildman–Crippen MR) is 151 cm³/mol. The summed E-state index contributed by atoms with van der Waals surface area (Å²) in [5.41, 5.74) is 3.20. The molecule has 2 unspecified atom stereocenters. The Labute approximate surface area is 228 Å². The first-order chi connectivity index (χ1) is 18.1. The van der Waals surface area contributed by atoms with Gasteiger partial charge in [-0.3, -0.25) is 14.4 Å². The molecule has 2 atom stereocenters. The third-order valence-corrected chi connectivity index (χ3v) is 9.88. The van der Waals surface area contributed by atoms with E-state index in [1.165, 1.54) is 11.3 Å². The normalized spacial score (nSPS) is 18.6. The third kappa shape index (κ3) is 5.39. The Morgan fingerprint density at radius 2 is 1.74 bits per heavy atom. The molecule has 5 rings (SSSR count). The highest BCUT2D eigenvalue weighted by molar-refractivity contribution is 7.89. The topological polar surface area (TPSA) is 88.4 Å². The van der Waals surface area contributed by atoms with Crippen molar-refractivity contribution in [2.24, 2.45) is 11.8 Å². The van der Waals surface area contributed by atoms with E-state index in [1.807, 2.05) is 48.9 Å². The average Bonchev–Trinajstić information content (AvgIpc) is 3.45. The Balaban J connectivity index is 1.42. The maximum Gasteiger partial charge on any atom is 0.260 e. The van der Waals surface area contributed by atoms with Gasteiger partial charge in [-0.25, -0.2) is 13.4 Å². The second-order valence-electron chi connectivity index (χ2n) is 10.4. The lowest BCUT2D eigenvalue weighted by Gasteiger charge is -2.34. The van der Waals surface area contributed by atoms with Gasteiger partial charge in [-0.2, -0.15) is 9.40 Å². The van der Waals surface area contributed by atoms with Crippen molar-refractivity contribution >= 4 is 42.6 Å². The molecule has 0 N–H and O–H groups in total. The number of carbonyl (C=O) groups is 1. The van der Waals surface area contributed by atoms with Crippen molar-refractivity contribution in [1.82, 2.24) is 19.1 Å². The lowest BCUT2D eigenvalue weighted by Crippen LogP contribution is -2.42. The van der Waals surface area contributed by atoms with E-state index in [9.17, 15) is 13.2 Å². The summed E-state index contributed by atoms with van der Waals surface area (Å²) in [4.78, 5) is 20.4. The fourth-order valence-corrected chi connectivity index (χ4v) is 7.90. The number of amides is 1. The summed E-state index contributed by atoms with van der Waals surface area (Å²) < 4.78 is 31.1. The fraction of sp³-hybridized carbons (Fsp3) is 0.393. The second-order valence-corrected chi connectivity index (χ2v) is 13.3. The molecular weight excluding hydrogens is 518 g/mol. The van der Waals surface area contributed by atoms with Crippen LogP contribution in [-0.2, 0) is 16.6 Å². The predicted octanol–water partition coefficient (Wildman–Crippen LogP) is 5.12. The number of carbonyl (C=O) groups excluding carboxylic acids is 1. The minimum atomic E-state index is -3.62. The van der Waals surface area contributed by atoms with Gasteiger partial charge in [0, 0.05) is 30.9 Å². The van der Waals surface area contributed by atoms with Crippen molar-refractivity contribution in [2.45, 2.75) is 45.6 Å². The van der Waals surface area contributed by atoms with Crippen LogP contribution in [0.25, 0.3) is 10.2 Å². The molecule has 3 heterocycles. The molecule has 1 saturated heterocycles. The summed E-state index contributed by atoms with van der Waals surface area (Å²) in [5.74, 6) is 0.410. The van der Waals surface area contributed by atoms with Gasteiger partial charge in [0.1, 0.15) is 0 Å². The van der Waals surface area contributed by atoms with E-state index in [-0.39, 0.29) is 10.8 Å². The Bertz CT molecular complexity index is 1520. The minimum absolute atomic E-state index is 0.213. The highest BCUT2D eigenvalue weighted by atomic mass is 32.2. The van der Waals surface area contributed by atoms with Gasteiger partial charge < -0.3 is 0 Å². The van der Waals surface area contributed by atoms with Crippen molar-refractivity contribution < 1.29 is 13.2 Å². The summed E-state index contributed by atoms with van der Waals surface area (Å²) in [6.45, 7) is 10.0. The molecule has 38 heavy (non-hydrogen) atoms. The first-order valence-electron chi connectivity index (χ1n) is 12.9. The molecule has 200 valence electrons. The number of benzene rings is 2. The molecule has 0 bridgehead atoms. The van der Waals surface area contributed by atoms with Crippen LogP contribution in [0, 0.1) is 25.7 Å². The number of para-hydroxylation sites is 1. The molecule has 8 nitrogen and oxygen atoms in total. The zero-order valence-electron chi connectivity index (χ0n) is 22.2. The number of thiazole rings is 1. The summed E-state index contributed by atoms with van der Waals surface area (Å²) in [5, 5.41) is 5.14. The van der Waals surface area contributed by atoms with Crippen molar-refractivity contribution in [1.29, 1.82) is 0 Å². The van der Waals surface area contributed by atoms with Crippen molar-refractivity contribution in [3.8, 4) is 0 Å². The molecule has 10 heteroatoms. The third-order valence-electron chi connectivity index (χ3n) is 6.97. The molecule has 2 aromatic heterocycles. The molecule has 2 aromatic carbocycles. The Morgan fingerprint density at radius 3 is 2.37 bits per heavy atom. The molecule has 1 aliphatic rings. The zero-order chi connectivity index (χ0) is 27.0. The smallest absolute Gasteiger partial charge is 0.260 e. The maximum absolute atomic E-state index is 13.8. The number of piperidine rings is 1. The Hall–Kier alpha value is -3.08. The molecule has 0 radical (unpaired) electrons. The van der Waals surface area contributed by atoms with Crippen LogP contribution in [0.2, 0.25) is 0 Å². The van der Waals surface area contributed by atoms with Gasteiger partial charge in [0.05, 0.1) is 27.4 Å². The molecule has 0 spiro atoms. The first kappa shape index (κ1) is 26.5. The van der Waals surface area contributed by atoms with Crippen LogP contribution in [-0.4, -0.2) is 53.0 Å². The SMILES string of the molecule is Cc1cc(C)n(CCN(C(=O)c2ccc(S(=O)(=O)N3CC(C)CC(C)C3)cc2)c2nc3ccccc3s2)n1. The number of fused-ring (bicyclic) bond motifs is 1. The Kier molecular flexibility index (Phi) is 7.39. The quantitative estimate of drug-likeness (QED) is 0.318. The van der Waals surface area contributed by atoms with Gasteiger partial charge in [0.2, 0.25) is 10.0 Å². The standard InChI is InChI=1S/C28H33N5O3S2/c1-19-15-20(2)18-31(17-19)38(35,36)24-11-9-23(10-12-24)27(34)32(13-14-33-22(4)16-21(3)30-33)28-29-25-7-5-6-8-26(25)37-28/h5-12,16,19-20H,13-15,17-18H2,1-4H3. The summed E-state index contributed by atoms with van der Waals surface area (Å²) in [7, 11) is -3.62. The summed E-state index contributed by atoms with van der Waals surface area (Å²) in [6.07, 6.45) is 1.03. The van der Waals surface area contributed by atoms with Crippen LogP contribution in [0.15, 0.2) is 59.5 Å². The zero-order valence-corrected chi connectivity index (χ0v) is 23.8. The maximum atomic E-state index is 13.8. The van der Waals surface area contributed by atoms with Gasteiger partial charge in [-0.05, 0) is 74.6 Å². The van der Waals surface area contributed by atoms with E-state index >= 15 is 0 Å². The van der Waals surface area contributed by atoms with Crippen molar-refractivity contribution in [2.75, 3.05) is 24.5 Å². The Morgan fingerprint density at radius 1 is 1.05 bits per heavy atom. The van der Waals surface area contributed by atoms with Crippen LogP contribution in [0.5, 0.6) is 0 Å². The van der Waals surface area contributed by atoms with Gasteiger partial charge in [-0.1, -0.05) is 37.3 Å². The largest absolute Gasteiger partial charge is 0.282 e. The minimum Gasteiger partial charge on any atom is -0.282 e. The number of nitrogens with zero attached hydrogens (tertiary/aromatic N) is 5. The monoisotopic (exact) mass is 551 g/mol. The van der Waals surface area contributed by atoms with E-state index in [0.717, 1.165) is 28.0 Å². The highest BCUT2D eigenvalue weighted by Crippen LogP contribution is 2.31. The first-order valence-corrected chi connectivity index (χ1v) is 15.2. The number of rotatable bonds is 7. The molecule has 0 saturated carbocycles. The summed E-state index contributed by atoms with van der Waals surface area (Å²) >= 11 is 1.46. The molecular formula is C28H33N5O3S2. The van der Waals surface area contributed by atoms with Crippen molar-refractivity contribution in [3.63, 3.8) is 0 Å². The van der Waals surface area contributed by atoms with Gasteiger partial charge in [0.15, 0.2) is 5.13 Å². The average molecular weight is 552 g/mol. The van der Waals surface area contributed by atoms with Crippen LogP contribution in [0.1, 0.15) is 42.0 Å². The highest BCUT2D eigenvalue weighted by Gasteiger charge is 2.32. The van der Waals surface area contributed by atoms with Crippen molar-refractivity contribution in [3.05, 3.63) is 71.5 Å². The lowest BCUT2D eigenvalue weighted by atomic mass is 9.94. The van der Waals surface area contributed by atoms with Gasteiger partial charge in [0.25, 0.3) is 5.91 Å². The van der Waals surface area contributed by atoms with E-state index in [4.69, 9.17) is 4.98 Å². The van der Waals surface area contributed by atoms with E-state index in [1.54, 1.807) is 33.5 Å². The second kappa shape index (κ2) is 10.6. The number of anilines is 1. The molecule has 4 aromatic rings. The number of hydrogen-bond donors (Lipinski definition) is 0. The molecule has 1 amide bonds. The summed E-state index contributed by atoms with van der Waals surface area (Å²) in [6, 6.07) is 16.1. The molecule has 1 fully saturated rings. The van der Waals surface area contributed by atoms with Crippen LogP contribution in [0.3, 0.4) is 0 Å². The van der Waals surface area contributed by atoms with E-state index in [2.05, 4.69) is 18.9 Å². The van der Waals surface area contributed by atoms with Crippen LogP contribution in [0.4, 0.5) is 5.13 Å². The number of sulfonamides is 1. The number of aryl methyl sites for hydroxylation is 2. The van der Waals surface area contributed by atoms with Crippen LogP contribution >= 0.6 is 11.3 Å². The fourth-order valence-electron chi connectivity index (χ4n) is 5.23.